The molecule has 3 rings (SSSR count). The normalized spacial score (nSPS) is 20.4. The van der Waals surface area contributed by atoms with Crippen molar-refractivity contribution in [3.8, 4) is 10.6 Å². The van der Waals surface area contributed by atoms with Crippen LogP contribution in [0.2, 0.25) is 0 Å². The van der Waals surface area contributed by atoms with E-state index < -0.39 is 0 Å². The molecular weight excluding hydrogens is 270 g/mol. The van der Waals surface area contributed by atoms with Crippen molar-refractivity contribution in [3.05, 3.63) is 29.3 Å². The number of aromatic nitrogens is 1. The lowest BCUT2D eigenvalue weighted by molar-refractivity contribution is 0.163. The second kappa shape index (κ2) is 6.52. The zero-order valence-electron chi connectivity index (χ0n) is 11.8. The van der Waals surface area contributed by atoms with Gasteiger partial charge in [0.05, 0.1) is 10.6 Å². The molecule has 0 aliphatic carbocycles. The summed E-state index contributed by atoms with van der Waals surface area (Å²) in [6, 6.07) is 6.18. The Morgan fingerprint density at radius 3 is 3.30 bits per heavy atom. The van der Waals surface area contributed by atoms with E-state index in [2.05, 4.69) is 32.9 Å². The minimum absolute atomic E-state index is 0.761. The van der Waals surface area contributed by atoms with Gasteiger partial charge in [-0.15, -0.1) is 11.3 Å². The molecule has 1 N–H and O–H groups in total. The zero-order valence-corrected chi connectivity index (χ0v) is 12.7. The average molecular weight is 291 g/mol. The Hall–Kier alpha value is -1.17. The monoisotopic (exact) mass is 291 g/mol. The molecule has 3 heterocycles. The summed E-state index contributed by atoms with van der Waals surface area (Å²) in [5.74, 6) is 1.65. The van der Waals surface area contributed by atoms with Gasteiger partial charge in [-0.25, -0.2) is 0 Å². The number of nitrogens with one attached hydrogen (secondary N) is 1. The Morgan fingerprint density at radius 1 is 1.55 bits per heavy atom. The standard InChI is InChI=1S/C15H21N3OS/c1-16-9-12-4-2-6-18(10-12)11-13-8-14(19-17-13)15-5-3-7-20-15/h3,5,7-8,12,16H,2,4,6,9-11H2,1H3. The molecule has 108 valence electrons. The zero-order chi connectivity index (χ0) is 13.8. The highest BCUT2D eigenvalue weighted by Crippen LogP contribution is 2.26. The quantitative estimate of drug-likeness (QED) is 0.920. The minimum Gasteiger partial charge on any atom is -0.355 e. The van der Waals surface area contributed by atoms with E-state index in [0.29, 0.717) is 0 Å². The average Bonchev–Trinajstić information content (AvgIpc) is 3.10. The fourth-order valence-electron chi connectivity index (χ4n) is 2.90. The molecule has 0 spiro atoms. The van der Waals surface area contributed by atoms with Gasteiger partial charge in [-0.2, -0.15) is 0 Å². The molecule has 1 fully saturated rings. The first-order chi connectivity index (χ1) is 9.85. The molecule has 1 aliphatic heterocycles. The van der Waals surface area contributed by atoms with Crippen LogP contribution in [0, 0.1) is 5.92 Å². The van der Waals surface area contributed by atoms with Crippen LogP contribution < -0.4 is 5.32 Å². The van der Waals surface area contributed by atoms with Gasteiger partial charge in [0.15, 0.2) is 5.76 Å². The Bertz CT molecular complexity index is 521. The number of nitrogens with zero attached hydrogens (tertiary/aromatic N) is 2. The number of hydrogen-bond donors (Lipinski definition) is 1. The molecule has 0 amide bonds. The second-order valence-corrected chi connectivity index (χ2v) is 6.41. The van der Waals surface area contributed by atoms with Crippen LogP contribution >= 0.6 is 11.3 Å². The summed E-state index contributed by atoms with van der Waals surface area (Å²) in [7, 11) is 2.03. The van der Waals surface area contributed by atoms with Crippen LogP contribution in [-0.2, 0) is 6.54 Å². The summed E-state index contributed by atoms with van der Waals surface area (Å²) < 4.78 is 5.45. The molecule has 1 saturated heterocycles. The van der Waals surface area contributed by atoms with Crippen LogP contribution in [0.5, 0.6) is 0 Å². The van der Waals surface area contributed by atoms with Crippen LogP contribution in [0.1, 0.15) is 18.5 Å². The Morgan fingerprint density at radius 2 is 2.50 bits per heavy atom. The van der Waals surface area contributed by atoms with E-state index >= 15 is 0 Å². The summed E-state index contributed by atoms with van der Waals surface area (Å²) in [5.41, 5.74) is 1.04. The lowest BCUT2D eigenvalue weighted by Gasteiger charge is -2.31. The second-order valence-electron chi connectivity index (χ2n) is 5.46. The van der Waals surface area contributed by atoms with E-state index in [4.69, 9.17) is 4.52 Å². The van der Waals surface area contributed by atoms with E-state index in [1.807, 2.05) is 13.1 Å². The predicted octanol–water partition coefficient (Wildman–Crippen LogP) is 2.83. The van der Waals surface area contributed by atoms with Gasteiger partial charge in [-0.1, -0.05) is 11.2 Å². The summed E-state index contributed by atoms with van der Waals surface area (Å²) in [4.78, 5) is 3.64. The van der Waals surface area contributed by atoms with Crippen LogP contribution in [0.25, 0.3) is 10.6 Å². The maximum Gasteiger partial charge on any atom is 0.177 e. The summed E-state index contributed by atoms with van der Waals surface area (Å²) in [6.45, 7) is 4.33. The van der Waals surface area contributed by atoms with Gasteiger partial charge in [0.1, 0.15) is 0 Å². The SMILES string of the molecule is CNCC1CCCN(Cc2cc(-c3cccs3)on2)C1. The third-order valence-corrected chi connectivity index (χ3v) is 4.69. The largest absolute Gasteiger partial charge is 0.355 e. The van der Waals surface area contributed by atoms with E-state index in [0.717, 1.165) is 41.9 Å². The fourth-order valence-corrected chi connectivity index (χ4v) is 3.57. The van der Waals surface area contributed by atoms with Gasteiger partial charge in [-0.05, 0) is 50.3 Å². The first-order valence-electron chi connectivity index (χ1n) is 7.21. The molecular formula is C15H21N3OS. The fraction of sp³-hybridized carbons (Fsp3) is 0.533. The maximum atomic E-state index is 5.45. The third kappa shape index (κ3) is 3.29. The maximum absolute atomic E-state index is 5.45. The predicted molar refractivity (Wildman–Crippen MR) is 81.7 cm³/mol. The van der Waals surface area contributed by atoms with Crippen molar-refractivity contribution in [1.82, 2.24) is 15.4 Å². The van der Waals surface area contributed by atoms with Gasteiger partial charge in [-0.3, -0.25) is 4.90 Å². The van der Waals surface area contributed by atoms with Crippen molar-refractivity contribution in [2.24, 2.45) is 5.92 Å². The minimum atomic E-state index is 0.761. The first kappa shape index (κ1) is 13.8. The number of thiophene rings is 1. The van der Waals surface area contributed by atoms with Crippen molar-refractivity contribution < 1.29 is 4.52 Å². The Balaban J connectivity index is 1.60. The highest BCUT2D eigenvalue weighted by atomic mass is 32.1. The molecule has 4 nitrogen and oxygen atoms in total. The molecule has 2 aromatic rings. The van der Waals surface area contributed by atoms with E-state index in [9.17, 15) is 0 Å². The van der Waals surface area contributed by atoms with Crippen molar-refractivity contribution in [2.75, 3.05) is 26.7 Å². The molecule has 0 bridgehead atoms. The van der Waals surface area contributed by atoms with Crippen LogP contribution in [0.4, 0.5) is 0 Å². The molecule has 1 aliphatic rings. The Labute approximate surface area is 123 Å². The molecule has 5 heteroatoms. The number of likely N-dealkylation sites (tertiary alicyclic amines) is 1. The van der Waals surface area contributed by atoms with Gasteiger partial charge in [0, 0.05) is 19.2 Å². The van der Waals surface area contributed by atoms with Crippen molar-refractivity contribution in [3.63, 3.8) is 0 Å². The summed E-state index contributed by atoms with van der Waals surface area (Å²) in [5, 5.41) is 9.56. The molecule has 0 saturated carbocycles. The van der Waals surface area contributed by atoms with Crippen LogP contribution in [0.15, 0.2) is 28.1 Å². The molecule has 0 aromatic carbocycles. The van der Waals surface area contributed by atoms with Crippen LogP contribution in [-0.4, -0.2) is 36.7 Å². The summed E-state index contributed by atoms with van der Waals surface area (Å²) in [6.07, 6.45) is 2.61. The van der Waals surface area contributed by atoms with Gasteiger partial charge >= 0.3 is 0 Å². The lowest BCUT2D eigenvalue weighted by Crippen LogP contribution is -2.38. The number of rotatable bonds is 5. The van der Waals surface area contributed by atoms with E-state index in [1.54, 1.807) is 11.3 Å². The van der Waals surface area contributed by atoms with E-state index in [1.165, 1.54) is 19.4 Å². The number of piperidine rings is 1. The third-order valence-electron chi connectivity index (χ3n) is 3.80. The topological polar surface area (TPSA) is 41.3 Å². The van der Waals surface area contributed by atoms with Crippen molar-refractivity contribution in [2.45, 2.75) is 19.4 Å². The molecule has 1 unspecified atom stereocenters. The number of hydrogen-bond acceptors (Lipinski definition) is 5. The lowest BCUT2D eigenvalue weighted by atomic mass is 9.98. The van der Waals surface area contributed by atoms with Crippen LogP contribution in [0.3, 0.4) is 0 Å². The van der Waals surface area contributed by atoms with Gasteiger partial charge in [0.25, 0.3) is 0 Å². The first-order valence-corrected chi connectivity index (χ1v) is 8.09. The Kier molecular flexibility index (Phi) is 4.50. The smallest absolute Gasteiger partial charge is 0.177 e. The highest BCUT2D eigenvalue weighted by Gasteiger charge is 2.20. The van der Waals surface area contributed by atoms with Crippen molar-refractivity contribution >= 4 is 11.3 Å². The molecule has 2 aromatic heterocycles. The molecule has 1 atom stereocenters. The highest BCUT2D eigenvalue weighted by molar-refractivity contribution is 7.13. The van der Waals surface area contributed by atoms with Gasteiger partial charge < -0.3 is 9.84 Å². The summed E-state index contributed by atoms with van der Waals surface area (Å²) >= 11 is 1.69. The van der Waals surface area contributed by atoms with Gasteiger partial charge in [0.2, 0.25) is 0 Å². The molecule has 20 heavy (non-hydrogen) atoms. The van der Waals surface area contributed by atoms with E-state index in [-0.39, 0.29) is 0 Å². The van der Waals surface area contributed by atoms with Crippen molar-refractivity contribution in [1.29, 1.82) is 0 Å². The molecule has 0 radical (unpaired) electrons.